The number of hydrogen-bond donors (Lipinski definition) is 1. The first-order chi connectivity index (χ1) is 14.1. The molecule has 1 N–H and O–H groups in total. The first-order valence-corrected chi connectivity index (χ1v) is 9.85. The number of hydrogen-bond acceptors (Lipinski definition) is 6. The number of aromatic nitrogens is 1. The van der Waals surface area contributed by atoms with Gasteiger partial charge in [-0.3, -0.25) is 14.5 Å². The Morgan fingerprint density at radius 3 is 2.45 bits per heavy atom. The van der Waals surface area contributed by atoms with Crippen LogP contribution in [0.3, 0.4) is 0 Å². The maximum atomic E-state index is 12.9. The summed E-state index contributed by atoms with van der Waals surface area (Å²) >= 11 is 0. The second-order valence-electron chi connectivity index (χ2n) is 7.59. The van der Waals surface area contributed by atoms with Gasteiger partial charge in [-0.2, -0.15) is 0 Å². The van der Waals surface area contributed by atoms with Crippen molar-refractivity contribution in [1.29, 1.82) is 0 Å². The van der Waals surface area contributed by atoms with Crippen LogP contribution >= 0.6 is 0 Å². The number of fused-ring (bicyclic) bond motifs is 1. The number of anilines is 1. The van der Waals surface area contributed by atoms with Crippen LogP contribution in [0.4, 0.5) is 5.69 Å². The normalized spacial score (nSPS) is 21.4. The van der Waals surface area contributed by atoms with Gasteiger partial charge in [0.15, 0.2) is 5.58 Å². The zero-order chi connectivity index (χ0) is 20.0. The molecule has 2 aliphatic heterocycles. The van der Waals surface area contributed by atoms with Gasteiger partial charge < -0.3 is 9.52 Å². The molecule has 2 saturated heterocycles. The third-order valence-corrected chi connectivity index (χ3v) is 5.73. The lowest BCUT2D eigenvalue weighted by Crippen LogP contribution is -2.46. The second-order valence-corrected chi connectivity index (χ2v) is 7.59. The summed E-state index contributed by atoms with van der Waals surface area (Å²) < 4.78 is 5.78. The van der Waals surface area contributed by atoms with Crippen molar-refractivity contribution in [3.63, 3.8) is 0 Å². The molecule has 7 heteroatoms. The summed E-state index contributed by atoms with van der Waals surface area (Å²) in [5.74, 6) is 0.114. The Labute approximate surface area is 167 Å². The average Bonchev–Trinajstić information content (AvgIpc) is 3.29. The molecule has 29 heavy (non-hydrogen) atoms. The minimum Gasteiger partial charge on any atom is -0.436 e. The number of benzene rings is 2. The zero-order valence-electron chi connectivity index (χ0n) is 15.8. The van der Waals surface area contributed by atoms with Crippen molar-refractivity contribution in [3.8, 4) is 11.5 Å². The standard InChI is InChI=1S/C22H21N3O4/c26-16-9-11-24(12-10-16)18-13-20(27)25(22(18)28)15-7-5-14(6-8-15)21-23-17-3-1-2-4-19(17)29-21/h1-8,16,18,26H,9-13H2/t18-/m1/s1. The van der Waals surface area contributed by atoms with Gasteiger partial charge >= 0.3 is 0 Å². The number of carbonyl (C=O) groups excluding carboxylic acids is 2. The van der Waals surface area contributed by atoms with Gasteiger partial charge in [0.1, 0.15) is 5.52 Å². The first-order valence-electron chi connectivity index (χ1n) is 9.85. The van der Waals surface area contributed by atoms with Crippen LogP contribution in [0.1, 0.15) is 19.3 Å². The van der Waals surface area contributed by atoms with E-state index in [0.29, 0.717) is 43.1 Å². The summed E-state index contributed by atoms with van der Waals surface area (Å²) in [5, 5.41) is 9.68. The predicted molar refractivity (Wildman–Crippen MR) is 107 cm³/mol. The summed E-state index contributed by atoms with van der Waals surface area (Å²) in [7, 11) is 0. The molecule has 0 aliphatic carbocycles. The molecule has 0 bridgehead atoms. The van der Waals surface area contributed by atoms with Crippen LogP contribution in [0, 0.1) is 0 Å². The Balaban J connectivity index is 1.36. The SMILES string of the molecule is O=C1C[C@@H](N2CCC(O)CC2)C(=O)N1c1ccc(-c2nc3ccccc3o2)cc1. The topological polar surface area (TPSA) is 86.9 Å². The van der Waals surface area contributed by atoms with Gasteiger partial charge in [0.25, 0.3) is 5.91 Å². The highest BCUT2D eigenvalue weighted by Gasteiger charge is 2.43. The van der Waals surface area contributed by atoms with Gasteiger partial charge in [-0.25, -0.2) is 9.88 Å². The summed E-state index contributed by atoms with van der Waals surface area (Å²) in [6, 6.07) is 14.2. The van der Waals surface area contributed by atoms with Crippen LogP contribution in [0.5, 0.6) is 0 Å². The smallest absolute Gasteiger partial charge is 0.251 e. The van der Waals surface area contributed by atoms with E-state index in [1.165, 1.54) is 4.90 Å². The highest BCUT2D eigenvalue weighted by Crippen LogP contribution is 2.30. The molecule has 3 heterocycles. The van der Waals surface area contributed by atoms with Crippen LogP contribution in [0.25, 0.3) is 22.6 Å². The Bertz CT molecular complexity index is 1030. The molecule has 5 rings (SSSR count). The zero-order valence-corrected chi connectivity index (χ0v) is 15.8. The summed E-state index contributed by atoms with van der Waals surface area (Å²) in [6.45, 7) is 1.27. The number of amides is 2. The number of nitrogens with zero attached hydrogens (tertiary/aromatic N) is 3. The van der Waals surface area contributed by atoms with E-state index < -0.39 is 6.04 Å². The predicted octanol–water partition coefficient (Wildman–Crippen LogP) is 2.58. The highest BCUT2D eigenvalue weighted by atomic mass is 16.3. The van der Waals surface area contributed by atoms with E-state index in [-0.39, 0.29) is 24.3 Å². The molecule has 0 unspecified atom stereocenters. The van der Waals surface area contributed by atoms with E-state index in [0.717, 1.165) is 11.1 Å². The molecule has 0 spiro atoms. The lowest BCUT2D eigenvalue weighted by Gasteiger charge is -2.32. The highest BCUT2D eigenvalue weighted by molar-refractivity contribution is 6.22. The maximum Gasteiger partial charge on any atom is 0.251 e. The number of aliphatic hydroxyl groups is 1. The molecule has 2 amide bonds. The van der Waals surface area contributed by atoms with Gasteiger partial charge in [-0.05, 0) is 49.2 Å². The van der Waals surface area contributed by atoms with Gasteiger partial charge in [0.05, 0.1) is 24.3 Å². The Morgan fingerprint density at radius 1 is 1.00 bits per heavy atom. The minimum atomic E-state index is -0.438. The monoisotopic (exact) mass is 391 g/mol. The maximum absolute atomic E-state index is 12.9. The Hall–Kier alpha value is -3.03. The van der Waals surface area contributed by atoms with Crippen LogP contribution in [-0.2, 0) is 9.59 Å². The molecule has 1 atom stereocenters. The molecule has 2 fully saturated rings. The Morgan fingerprint density at radius 2 is 1.72 bits per heavy atom. The number of rotatable bonds is 3. The number of para-hydroxylation sites is 2. The molecule has 148 valence electrons. The molecule has 2 aromatic carbocycles. The van der Waals surface area contributed by atoms with Crippen LogP contribution in [0.2, 0.25) is 0 Å². The van der Waals surface area contributed by atoms with Crippen molar-refractivity contribution >= 4 is 28.6 Å². The largest absolute Gasteiger partial charge is 0.436 e. The van der Waals surface area contributed by atoms with Crippen molar-refractivity contribution in [2.24, 2.45) is 0 Å². The van der Waals surface area contributed by atoms with Crippen LogP contribution in [-0.4, -0.2) is 52.0 Å². The first kappa shape index (κ1) is 18.0. The van der Waals surface area contributed by atoms with E-state index in [9.17, 15) is 14.7 Å². The second kappa shape index (κ2) is 7.09. The fraction of sp³-hybridized carbons (Fsp3) is 0.318. The fourth-order valence-electron chi connectivity index (χ4n) is 4.12. The average molecular weight is 391 g/mol. The van der Waals surface area contributed by atoms with E-state index in [4.69, 9.17) is 4.42 Å². The van der Waals surface area contributed by atoms with Crippen molar-refractivity contribution in [2.75, 3.05) is 18.0 Å². The molecule has 0 saturated carbocycles. The third kappa shape index (κ3) is 3.22. The molecule has 7 nitrogen and oxygen atoms in total. The molecule has 0 radical (unpaired) electrons. The van der Waals surface area contributed by atoms with Gasteiger partial charge in [0, 0.05) is 18.7 Å². The molecule has 3 aromatic rings. The number of piperidine rings is 1. The summed E-state index contributed by atoms with van der Waals surface area (Å²) in [5.41, 5.74) is 2.84. The van der Waals surface area contributed by atoms with Gasteiger partial charge in [0.2, 0.25) is 11.8 Å². The molecule has 1 aromatic heterocycles. The van der Waals surface area contributed by atoms with Gasteiger partial charge in [-0.1, -0.05) is 12.1 Å². The van der Waals surface area contributed by atoms with E-state index in [1.54, 1.807) is 12.1 Å². The summed E-state index contributed by atoms with van der Waals surface area (Å²) in [6.07, 6.45) is 1.14. The van der Waals surface area contributed by atoms with E-state index in [2.05, 4.69) is 4.98 Å². The number of imide groups is 1. The molecular formula is C22H21N3O4. The number of oxazole rings is 1. The lowest BCUT2D eigenvalue weighted by molar-refractivity contribution is -0.123. The van der Waals surface area contributed by atoms with Gasteiger partial charge in [-0.15, -0.1) is 0 Å². The number of carbonyl (C=O) groups is 2. The summed E-state index contributed by atoms with van der Waals surface area (Å²) in [4.78, 5) is 33.3. The Kier molecular flexibility index (Phi) is 4.41. The van der Waals surface area contributed by atoms with Crippen molar-refractivity contribution < 1.29 is 19.1 Å². The van der Waals surface area contributed by atoms with Crippen molar-refractivity contribution in [1.82, 2.24) is 9.88 Å². The molecule has 2 aliphatic rings. The van der Waals surface area contributed by atoms with E-state index in [1.807, 2.05) is 41.3 Å². The van der Waals surface area contributed by atoms with Crippen molar-refractivity contribution in [2.45, 2.75) is 31.4 Å². The number of aliphatic hydroxyl groups excluding tert-OH is 1. The lowest BCUT2D eigenvalue weighted by atomic mass is 10.1. The van der Waals surface area contributed by atoms with E-state index >= 15 is 0 Å². The quantitative estimate of drug-likeness (QED) is 0.691. The fourth-order valence-corrected chi connectivity index (χ4v) is 4.12. The van der Waals surface area contributed by atoms with Crippen LogP contribution < -0.4 is 4.90 Å². The number of likely N-dealkylation sites (tertiary alicyclic amines) is 1. The molecular weight excluding hydrogens is 370 g/mol. The minimum absolute atomic E-state index is 0.182. The van der Waals surface area contributed by atoms with Crippen LogP contribution in [0.15, 0.2) is 52.9 Å². The third-order valence-electron chi connectivity index (χ3n) is 5.73. The van der Waals surface area contributed by atoms with Crippen molar-refractivity contribution in [3.05, 3.63) is 48.5 Å².